The van der Waals surface area contributed by atoms with Gasteiger partial charge in [0, 0.05) is 13.7 Å². The number of carbonyl (C=O) groups excluding carboxylic acids is 2. The molecule has 118 valence electrons. The van der Waals surface area contributed by atoms with Crippen LogP contribution >= 0.6 is 0 Å². The number of nitrogens with one attached hydrogen (secondary N) is 1. The number of aromatic nitrogens is 3. The normalized spacial score (nSPS) is 11.3. The lowest BCUT2D eigenvalue weighted by molar-refractivity contribution is -0.122. The molecule has 21 heavy (non-hydrogen) atoms. The summed E-state index contributed by atoms with van der Waals surface area (Å²) in [5.74, 6) is -0.776. The molecule has 1 heterocycles. The molecule has 0 fully saturated rings. The SMILES string of the molecule is COCCNC(=O)Cn1nnc(C(=O)OC(C)(C)C)c1C. The first-order valence-corrected chi connectivity index (χ1v) is 6.63. The number of carbonyl (C=O) groups is 2. The van der Waals surface area contributed by atoms with Crippen molar-refractivity contribution in [3.63, 3.8) is 0 Å². The van der Waals surface area contributed by atoms with Crippen LogP contribution in [-0.2, 0) is 20.8 Å². The Morgan fingerprint density at radius 3 is 2.57 bits per heavy atom. The molecule has 0 aliphatic rings. The Morgan fingerprint density at radius 2 is 2.00 bits per heavy atom. The van der Waals surface area contributed by atoms with Gasteiger partial charge in [-0.3, -0.25) is 4.79 Å². The standard InChI is InChI=1S/C13H22N4O4/c1-9-11(12(19)21-13(2,3)4)15-16-17(9)8-10(18)14-6-7-20-5/h6-8H2,1-5H3,(H,14,18). The maximum Gasteiger partial charge on any atom is 0.361 e. The minimum Gasteiger partial charge on any atom is -0.455 e. The maximum atomic E-state index is 11.9. The van der Waals surface area contributed by atoms with E-state index in [4.69, 9.17) is 9.47 Å². The fraction of sp³-hybridized carbons (Fsp3) is 0.692. The Balaban J connectivity index is 2.67. The van der Waals surface area contributed by atoms with Gasteiger partial charge in [-0.15, -0.1) is 5.10 Å². The van der Waals surface area contributed by atoms with E-state index in [9.17, 15) is 9.59 Å². The number of methoxy groups -OCH3 is 1. The number of amides is 1. The summed E-state index contributed by atoms with van der Waals surface area (Å²) in [5.41, 5.74) is 0.00549. The van der Waals surface area contributed by atoms with E-state index < -0.39 is 11.6 Å². The van der Waals surface area contributed by atoms with Crippen LogP contribution in [0.5, 0.6) is 0 Å². The van der Waals surface area contributed by atoms with Crippen molar-refractivity contribution in [2.75, 3.05) is 20.3 Å². The Hall–Kier alpha value is -1.96. The van der Waals surface area contributed by atoms with E-state index in [1.54, 1.807) is 34.8 Å². The van der Waals surface area contributed by atoms with Gasteiger partial charge in [0.2, 0.25) is 5.91 Å². The Kier molecular flexibility index (Phi) is 5.83. The average Bonchev–Trinajstić information content (AvgIpc) is 2.69. The molecule has 1 aromatic rings. The van der Waals surface area contributed by atoms with Crippen molar-refractivity contribution >= 4 is 11.9 Å². The van der Waals surface area contributed by atoms with Gasteiger partial charge in [0.25, 0.3) is 0 Å². The van der Waals surface area contributed by atoms with E-state index in [1.807, 2.05) is 0 Å². The Bertz CT molecular complexity index is 505. The van der Waals surface area contributed by atoms with Gasteiger partial charge in [-0.2, -0.15) is 0 Å². The van der Waals surface area contributed by atoms with Gasteiger partial charge in [-0.25, -0.2) is 9.48 Å². The van der Waals surface area contributed by atoms with Crippen LogP contribution in [-0.4, -0.2) is 52.7 Å². The molecule has 1 rings (SSSR count). The van der Waals surface area contributed by atoms with Crippen LogP contribution in [0.3, 0.4) is 0 Å². The summed E-state index contributed by atoms with van der Waals surface area (Å²) in [5, 5.41) is 10.3. The van der Waals surface area contributed by atoms with Crippen LogP contribution in [0.2, 0.25) is 0 Å². The number of rotatable bonds is 6. The fourth-order valence-corrected chi connectivity index (χ4v) is 1.51. The monoisotopic (exact) mass is 298 g/mol. The molecule has 0 saturated carbocycles. The van der Waals surface area contributed by atoms with Gasteiger partial charge < -0.3 is 14.8 Å². The average molecular weight is 298 g/mol. The molecule has 8 heteroatoms. The van der Waals surface area contributed by atoms with E-state index in [-0.39, 0.29) is 18.1 Å². The summed E-state index contributed by atoms with van der Waals surface area (Å²) >= 11 is 0. The smallest absolute Gasteiger partial charge is 0.361 e. The zero-order valence-electron chi connectivity index (χ0n) is 13.1. The van der Waals surface area contributed by atoms with Crippen molar-refractivity contribution in [1.29, 1.82) is 0 Å². The second-order valence-electron chi connectivity index (χ2n) is 5.53. The number of ether oxygens (including phenoxy) is 2. The van der Waals surface area contributed by atoms with Crippen LogP contribution < -0.4 is 5.32 Å². The third kappa shape index (κ3) is 5.50. The summed E-state index contributed by atoms with van der Waals surface area (Å²) in [6, 6.07) is 0. The predicted molar refractivity (Wildman–Crippen MR) is 74.8 cm³/mol. The van der Waals surface area contributed by atoms with Gasteiger partial charge in [0.1, 0.15) is 12.1 Å². The Morgan fingerprint density at radius 1 is 1.33 bits per heavy atom. The van der Waals surface area contributed by atoms with Gasteiger partial charge >= 0.3 is 5.97 Å². The summed E-state index contributed by atoms with van der Waals surface area (Å²) in [7, 11) is 1.56. The molecule has 0 aliphatic carbocycles. The molecule has 0 saturated heterocycles. The molecule has 0 spiro atoms. The first kappa shape index (κ1) is 17.1. The topological polar surface area (TPSA) is 95.3 Å². The highest BCUT2D eigenvalue weighted by atomic mass is 16.6. The first-order chi connectivity index (χ1) is 9.74. The molecule has 0 aromatic carbocycles. The third-order valence-electron chi connectivity index (χ3n) is 2.50. The van der Waals surface area contributed by atoms with Crippen LogP contribution in [0.25, 0.3) is 0 Å². The molecule has 0 atom stereocenters. The van der Waals surface area contributed by atoms with Crippen LogP contribution in [0.15, 0.2) is 0 Å². The Labute approximate surface area is 123 Å². The number of nitrogens with zero attached hydrogens (tertiary/aromatic N) is 3. The lowest BCUT2D eigenvalue weighted by Gasteiger charge is -2.18. The van der Waals surface area contributed by atoms with Crippen molar-refractivity contribution < 1.29 is 19.1 Å². The van der Waals surface area contributed by atoms with Crippen molar-refractivity contribution in [3.8, 4) is 0 Å². The lowest BCUT2D eigenvalue weighted by atomic mass is 10.2. The van der Waals surface area contributed by atoms with Crippen LogP contribution in [0, 0.1) is 6.92 Å². The maximum absolute atomic E-state index is 11.9. The lowest BCUT2D eigenvalue weighted by Crippen LogP contribution is -2.31. The second kappa shape index (κ2) is 7.16. The molecule has 1 amide bonds. The third-order valence-corrected chi connectivity index (χ3v) is 2.50. The van der Waals surface area contributed by atoms with Gasteiger partial charge in [0.05, 0.1) is 12.3 Å². The van der Waals surface area contributed by atoms with E-state index in [2.05, 4.69) is 15.6 Å². The first-order valence-electron chi connectivity index (χ1n) is 6.63. The quantitative estimate of drug-likeness (QED) is 0.599. The van der Waals surface area contributed by atoms with E-state index in [0.29, 0.717) is 18.8 Å². The van der Waals surface area contributed by atoms with Crippen molar-refractivity contribution in [2.45, 2.75) is 39.8 Å². The highest BCUT2D eigenvalue weighted by Gasteiger charge is 2.23. The predicted octanol–water partition coefficient (Wildman–Crippen LogP) is 0.304. The van der Waals surface area contributed by atoms with Gasteiger partial charge in [-0.05, 0) is 27.7 Å². The molecule has 0 aliphatic heterocycles. The largest absolute Gasteiger partial charge is 0.455 e. The molecule has 8 nitrogen and oxygen atoms in total. The molecule has 1 N–H and O–H groups in total. The van der Waals surface area contributed by atoms with Crippen molar-refractivity contribution in [3.05, 3.63) is 11.4 Å². The molecular formula is C13H22N4O4. The van der Waals surface area contributed by atoms with E-state index >= 15 is 0 Å². The zero-order chi connectivity index (χ0) is 16.0. The minimum atomic E-state index is -0.606. The van der Waals surface area contributed by atoms with Crippen LogP contribution in [0.1, 0.15) is 37.0 Å². The van der Waals surface area contributed by atoms with E-state index in [1.165, 1.54) is 4.68 Å². The van der Waals surface area contributed by atoms with Crippen molar-refractivity contribution in [2.24, 2.45) is 0 Å². The minimum absolute atomic E-state index is 0.00859. The summed E-state index contributed by atoms with van der Waals surface area (Å²) < 4.78 is 11.4. The summed E-state index contributed by atoms with van der Waals surface area (Å²) in [4.78, 5) is 23.6. The highest BCUT2D eigenvalue weighted by Crippen LogP contribution is 2.13. The zero-order valence-corrected chi connectivity index (χ0v) is 13.1. The molecule has 0 unspecified atom stereocenters. The second-order valence-corrected chi connectivity index (χ2v) is 5.53. The molecule has 0 bridgehead atoms. The van der Waals surface area contributed by atoms with Crippen molar-refractivity contribution in [1.82, 2.24) is 20.3 Å². The fourth-order valence-electron chi connectivity index (χ4n) is 1.51. The van der Waals surface area contributed by atoms with Crippen LogP contribution in [0.4, 0.5) is 0 Å². The number of esters is 1. The highest BCUT2D eigenvalue weighted by molar-refractivity contribution is 5.88. The molecule has 1 aromatic heterocycles. The summed E-state index contributed by atoms with van der Waals surface area (Å²) in [6.45, 7) is 7.83. The van der Waals surface area contributed by atoms with Gasteiger partial charge in [0.15, 0.2) is 5.69 Å². The summed E-state index contributed by atoms with van der Waals surface area (Å²) in [6.07, 6.45) is 0. The molecular weight excluding hydrogens is 276 g/mol. The molecule has 0 radical (unpaired) electrons. The van der Waals surface area contributed by atoms with E-state index in [0.717, 1.165) is 0 Å². The number of hydrogen-bond donors (Lipinski definition) is 1. The number of hydrogen-bond acceptors (Lipinski definition) is 6. The van der Waals surface area contributed by atoms with Gasteiger partial charge in [-0.1, -0.05) is 5.21 Å².